The molecule has 0 radical (unpaired) electrons. The van der Waals surface area contributed by atoms with Crippen LogP contribution < -0.4 is 21.2 Å². The van der Waals surface area contributed by atoms with Crippen LogP contribution in [0.4, 0.5) is 0 Å². The number of hydrogen-bond donors (Lipinski definition) is 1. The molecule has 2 rings (SSSR count). The summed E-state index contributed by atoms with van der Waals surface area (Å²) in [6.45, 7) is 1.91. The van der Waals surface area contributed by atoms with Gasteiger partial charge < -0.3 is 5.11 Å². The van der Waals surface area contributed by atoms with Crippen molar-refractivity contribution in [3.05, 3.63) is 66.8 Å². The number of carboxylic acids is 1. The molecular formula is C14H12IO2+. The van der Waals surface area contributed by atoms with Crippen molar-refractivity contribution < 1.29 is 31.1 Å². The minimum Gasteiger partial charge on any atom is -0.478 e. The van der Waals surface area contributed by atoms with Crippen molar-refractivity contribution in [2.45, 2.75) is 6.92 Å². The normalized spacial score (nSPS) is 10.2. The van der Waals surface area contributed by atoms with Crippen molar-refractivity contribution in [3.8, 4) is 0 Å². The van der Waals surface area contributed by atoms with E-state index in [4.69, 9.17) is 0 Å². The van der Waals surface area contributed by atoms with Crippen LogP contribution in [0.1, 0.15) is 15.9 Å². The van der Waals surface area contributed by atoms with Gasteiger partial charge in [-0.05, 0) is 36.8 Å². The maximum Gasteiger partial charge on any atom is 0.358 e. The Morgan fingerprint density at radius 3 is 2.47 bits per heavy atom. The Morgan fingerprint density at radius 1 is 1.12 bits per heavy atom. The Hall–Kier alpha value is -1.36. The van der Waals surface area contributed by atoms with Gasteiger partial charge in [0.15, 0.2) is 3.57 Å². The van der Waals surface area contributed by atoms with Crippen LogP contribution in [0.25, 0.3) is 0 Å². The van der Waals surface area contributed by atoms with E-state index in [-0.39, 0.29) is 0 Å². The first-order valence-electron chi connectivity index (χ1n) is 5.20. The lowest BCUT2D eigenvalue weighted by Crippen LogP contribution is -3.61. The lowest BCUT2D eigenvalue weighted by molar-refractivity contribution is -0.597. The third-order valence-corrected chi connectivity index (χ3v) is 5.16. The third kappa shape index (κ3) is 3.06. The van der Waals surface area contributed by atoms with Gasteiger partial charge in [-0.15, -0.1) is 0 Å². The SMILES string of the molecule is Cc1ccc([I+]c2ccccc2)c(C(=O)O)c1. The largest absolute Gasteiger partial charge is 0.478 e. The van der Waals surface area contributed by atoms with Crippen molar-refractivity contribution in [2.75, 3.05) is 0 Å². The first-order chi connectivity index (χ1) is 8.16. The van der Waals surface area contributed by atoms with Crippen LogP contribution in [0.3, 0.4) is 0 Å². The second-order valence-corrected chi connectivity index (χ2v) is 6.63. The summed E-state index contributed by atoms with van der Waals surface area (Å²) in [6, 6.07) is 15.7. The molecule has 0 aromatic heterocycles. The molecule has 17 heavy (non-hydrogen) atoms. The third-order valence-electron chi connectivity index (χ3n) is 2.30. The molecule has 0 saturated heterocycles. The van der Waals surface area contributed by atoms with E-state index in [0.717, 1.165) is 9.13 Å². The van der Waals surface area contributed by atoms with E-state index in [1.807, 2.05) is 37.3 Å². The maximum absolute atomic E-state index is 11.2. The summed E-state index contributed by atoms with van der Waals surface area (Å²) in [7, 11) is 0. The molecule has 0 amide bonds. The molecule has 1 N–H and O–H groups in total. The number of benzene rings is 2. The van der Waals surface area contributed by atoms with Gasteiger partial charge in [0.2, 0.25) is 3.57 Å². The maximum atomic E-state index is 11.2. The predicted molar refractivity (Wildman–Crippen MR) is 62.0 cm³/mol. The molecule has 0 unspecified atom stereocenters. The van der Waals surface area contributed by atoms with E-state index in [1.54, 1.807) is 6.07 Å². The smallest absolute Gasteiger partial charge is 0.358 e. The molecule has 0 heterocycles. The minimum absolute atomic E-state index is 0.420. The average Bonchev–Trinajstić information content (AvgIpc) is 2.32. The summed E-state index contributed by atoms with van der Waals surface area (Å²) in [5, 5.41) is 9.19. The monoisotopic (exact) mass is 339 g/mol. The summed E-state index contributed by atoms with van der Waals surface area (Å²) in [5.74, 6) is -0.834. The van der Waals surface area contributed by atoms with Crippen molar-refractivity contribution in [3.63, 3.8) is 0 Å². The number of carbonyl (C=O) groups is 1. The Morgan fingerprint density at radius 2 is 1.82 bits per heavy atom. The molecular weight excluding hydrogens is 327 g/mol. The van der Waals surface area contributed by atoms with E-state index in [1.165, 1.54) is 3.57 Å². The number of rotatable bonds is 3. The number of aryl methyl sites for hydroxylation is 1. The number of aromatic carboxylic acids is 1. The predicted octanol–water partition coefficient (Wildman–Crippen LogP) is -0.178. The van der Waals surface area contributed by atoms with Crippen molar-refractivity contribution in [1.29, 1.82) is 0 Å². The van der Waals surface area contributed by atoms with Gasteiger partial charge in [-0.3, -0.25) is 0 Å². The van der Waals surface area contributed by atoms with Crippen LogP contribution in [0.2, 0.25) is 0 Å². The zero-order valence-electron chi connectivity index (χ0n) is 9.35. The molecule has 86 valence electrons. The van der Waals surface area contributed by atoms with Crippen LogP contribution in [0, 0.1) is 14.1 Å². The quantitative estimate of drug-likeness (QED) is 0.788. The van der Waals surface area contributed by atoms with E-state index in [9.17, 15) is 9.90 Å². The highest BCUT2D eigenvalue weighted by Gasteiger charge is 2.23. The molecule has 0 saturated carbocycles. The topological polar surface area (TPSA) is 37.3 Å². The van der Waals surface area contributed by atoms with Crippen LogP contribution in [0.15, 0.2) is 48.5 Å². The van der Waals surface area contributed by atoms with E-state index in [0.29, 0.717) is 5.56 Å². The first-order valence-corrected chi connectivity index (χ1v) is 7.36. The second kappa shape index (κ2) is 5.31. The van der Waals surface area contributed by atoms with Crippen LogP contribution in [0.5, 0.6) is 0 Å². The molecule has 3 heteroatoms. The zero-order chi connectivity index (χ0) is 12.3. The second-order valence-electron chi connectivity index (χ2n) is 3.68. The van der Waals surface area contributed by atoms with Crippen molar-refractivity contribution >= 4 is 5.97 Å². The van der Waals surface area contributed by atoms with Gasteiger partial charge in [0.1, 0.15) is 5.56 Å². The molecule has 2 aromatic rings. The van der Waals surface area contributed by atoms with Crippen molar-refractivity contribution in [1.82, 2.24) is 0 Å². The molecule has 0 spiro atoms. The Bertz CT molecular complexity index is 535. The molecule has 2 nitrogen and oxygen atoms in total. The number of carboxylic acid groups (broad SMARTS) is 1. The highest BCUT2D eigenvalue weighted by molar-refractivity contribution is 5.87. The van der Waals surface area contributed by atoms with Gasteiger partial charge in [0, 0.05) is 0 Å². The van der Waals surface area contributed by atoms with E-state index >= 15 is 0 Å². The number of halogens is 1. The summed E-state index contributed by atoms with van der Waals surface area (Å²) in [5.41, 5.74) is 1.44. The van der Waals surface area contributed by atoms with E-state index in [2.05, 4.69) is 12.1 Å². The van der Waals surface area contributed by atoms with E-state index < -0.39 is 27.2 Å². The van der Waals surface area contributed by atoms with Gasteiger partial charge in [-0.1, -0.05) is 24.3 Å². The zero-order valence-corrected chi connectivity index (χ0v) is 11.5. The molecule has 2 aromatic carbocycles. The van der Waals surface area contributed by atoms with Gasteiger partial charge in [0.25, 0.3) is 0 Å². The molecule has 0 atom stereocenters. The van der Waals surface area contributed by atoms with Gasteiger partial charge in [-0.2, -0.15) is 0 Å². The Kier molecular flexibility index (Phi) is 3.78. The fraction of sp³-hybridized carbons (Fsp3) is 0.0714. The summed E-state index contributed by atoms with van der Waals surface area (Å²) in [6.07, 6.45) is 0. The Balaban J connectivity index is 2.36. The molecule has 0 aliphatic rings. The van der Waals surface area contributed by atoms with Gasteiger partial charge >= 0.3 is 27.2 Å². The lowest BCUT2D eigenvalue weighted by Gasteiger charge is -1.97. The molecule has 0 aliphatic carbocycles. The first kappa shape index (κ1) is 12.1. The van der Waals surface area contributed by atoms with Gasteiger partial charge in [-0.25, -0.2) is 4.79 Å². The highest BCUT2D eigenvalue weighted by Crippen LogP contribution is 2.03. The summed E-state index contributed by atoms with van der Waals surface area (Å²) in [4.78, 5) is 11.2. The molecule has 0 bridgehead atoms. The molecule has 0 fully saturated rings. The lowest BCUT2D eigenvalue weighted by atomic mass is 10.1. The average molecular weight is 339 g/mol. The highest BCUT2D eigenvalue weighted by atomic mass is 127. The fourth-order valence-electron chi connectivity index (χ4n) is 1.48. The minimum atomic E-state index is -0.834. The number of hydrogen-bond acceptors (Lipinski definition) is 1. The van der Waals surface area contributed by atoms with Crippen LogP contribution >= 0.6 is 0 Å². The van der Waals surface area contributed by atoms with Crippen molar-refractivity contribution in [2.24, 2.45) is 0 Å². The van der Waals surface area contributed by atoms with Gasteiger partial charge in [0.05, 0.1) is 0 Å². The summed E-state index contributed by atoms with van der Waals surface area (Å²) < 4.78 is 2.20. The van der Waals surface area contributed by atoms with Crippen LogP contribution in [-0.2, 0) is 0 Å². The standard InChI is InChI=1S/C14H11IO2/c1-10-7-8-13(12(9-10)14(16)17)15-11-5-3-2-4-6-11/h2-9H,1H3/p+1. The summed E-state index contributed by atoms with van der Waals surface area (Å²) >= 11 is -0.420. The Labute approximate surface area is 111 Å². The molecule has 0 aliphatic heterocycles. The van der Waals surface area contributed by atoms with Crippen LogP contribution in [-0.4, -0.2) is 11.1 Å². The fourth-order valence-corrected chi connectivity index (χ4v) is 3.96.